The Morgan fingerprint density at radius 3 is 3.25 bits per heavy atom. The first-order valence-corrected chi connectivity index (χ1v) is 6.81. The van der Waals surface area contributed by atoms with Crippen molar-refractivity contribution in [3.8, 4) is 0 Å². The van der Waals surface area contributed by atoms with Gasteiger partial charge in [-0.05, 0) is 38.3 Å². The Hall–Kier alpha value is -0.390. The molecule has 0 aromatic rings. The molecule has 0 bridgehead atoms. The first-order chi connectivity index (χ1) is 7.79. The molecule has 0 aromatic carbocycles. The maximum atomic E-state index is 9.33. The molecule has 0 aliphatic carbocycles. The molecule has 0 radical (unpaired) electrons. The second-order valence-corrected chi connectivity index (χ2v) is 4.56. The van der Waals surface area contributed by atoms with Crippen molar-refractivity contribution >= 4 is 28.9 Å². The highest BCUT2D eigenvalue weighted by molar-refractivity contribution is 7.82. The van der Waals surface area contributed by atoms with Gasteiger partial charge in [0.05, 0.1) is 0 Å². The molecule has 0 atom stereocenters. The van der Waals surface area contributed by atoms with Gasteiger partial charge in [-0.25, -0.2) is 17.8 Å². The van der Waals surface area contributed by atoms with E-state index in [4.69, 9.17) is 0 Å². The van der Waals surface area contributed by atoms with E-state index in [9.17, 15) is 5.11 Å². The van der Waals surface area contributed by atoms with Crippen LogP contribution in [0.5, 0.6) is 0 Å². The fourth-order valence-electron chi connectivity index (χ4n) is 0.618. The maximum Gasteiger partial charge on any atom is 0.177 e. The van der Waals surface area contributed by atoms with Crippen molar-refractivity contribution in [1.29, 1.82) is 0 Å². The Kier molecular flexibility index (Phi) is 7.46. The molecule has 1 N–H and O–H groups in total. The lowest BCUT2D eigenvalue weighted by Crippen LogP contribution is -2.05. The van der Waals surface area contributed by atoms with Gasteiger partial charge < -0.3 is 5.11 Å². The molecular weight excluding hydrogens is 274 g/mol. The second-order valence-electron chi connectivity index (χ2n) is 2.26. The highest BCUT2D eigenvalue weighted by atomic mass is 32.1. The predicted molar refractivity (Wildman–Crippen MR) is 60.2 cm³/mol. The molecule has 1 aliphatic rings. The number of hydrogen-bond acceptors (Lipinski definition) is 6. The van der Waals surface area contributed by atoms with E-state index < -0.39 is 0 Å². The predicted octanol–water partition coefficient (Wildman–Crippen LogP) is 3.32. The Balaban J connectivity index is 2.55. The van der Waals surface area contributed by atoms with Gasteiger partial charge in [-0.1, -0.05) is 4.11 Å². The van der Waals surface area contributed by atoms with Crippen molar-refractivity contribution < 1.29 is 28.9 Å². The highest BCUT2D eigenvalue weighted by Crippen LogP contribution is 2.20. The summed E-state index contributed by atoms with van der Waals surface area (Å²) >= 11 is 4.47. The summed E-state index contributed by atoms with van der Waals surface area (Å²) in [4.78, 5) is 4.64. The summed E-state index contributed by atoms with van der Waals surface area (Å²) < 4.78 is 5.87. The molecule has 0 saturated heterocycles. The van der Waals surface area contributed by atoms with Crippen molar-refractivity contribution in [3.63, 3.8) is 0 Å². The van der Waals surface area contributed by atoms with Crippen molar-refractivity contribution in [2.75, 3.05) is 0 Å². The van der Waals surface area contributed by atoms with Crippen LogP contribution in [0.1, 0.15) is 6.42 Å². The van der Waals surface area contributed by atoms with Crippen molar-refractivity contribution in [1.82, 2.24) is 0 Å². The zero-order valence-corrected chi connectivity index (χ0v) is 10.5. The monoisotopic (exact) mass is 282 g/mol. The molecule has 16 heavy (non-hydrogen) atoms. The number of hydrogen-bond donors (Lipinski definition) is 1. The second kappa shape index (κ2) is 8.73. The summed E-state index contributed by atoms with van der Waals surface area (Å²) in [6, 6.07) is 0. The number of aliphatic hydroxyl groups is 1. The number of rotatable bonds is 0. The smallest absolute Gasteiger partial charge is 0.177 e. The van der Waals surface area contributed by atoms with Crippen molar-refractivity contribution in [2.45, 2.75) is 6.42 Å². The zero-order chi connectivity index (χ0) is 11.6. The minimum atomic E-state index is 0.157. The summed E-state index contributed by atoms with van der Waals surface area (Å²) in [6.07, 6.45) is 6.52. The lowest BCUT2D eigenvalue weighted by atomic mass is 10.3. The molecule has 88 valence electrons. The molecule has 0 saturated carbocycles. The summed E-state index contributed by atoms with van der Waals surface area (Å²) in [7, 11) is 1.22. The Morgan fingerprint density at radius 2 is 2.38 bits per heavy atom. The highest BCUT2D eigenvalue weighted by Gasteiger charge is 1.99. The van der Waals surface area contributed by atoms with Gasteiger partial charge in [0.2, 0.25) is 0 Å². The van der Waals surface area contributed by atoms with Crippen LogP contribution in [0.3, 0.4) is 0 Å². The topological polar surface area (TPSA) is 59.9 Å². The average Bonchev–Trinajstić information content (AvgIpc) is 2.26. The molecule has 9 heteroatoms. The average molecular weight is 282 g/mol. The van der Waals surface area contributed by atoms with Crippen LogP contribution in [-0.4, -0.2) is 5.11 Å². The van der Waals surface area contributed by atoms with Crippen LogP contribution in [0, 0.1) is 0 Å². The third-order valence-corrected chi connectivity index (χ3v) is 2.72. The largest absolute Gasteiger partial charge is 0.508 e. The minimum Gasteiger partial charge on any atom is -0.508 e. The van der Waals surface area contributed by atoms with E-state index in [0.717, 1.165) is 7.87 Å². The normalized spacial score (nSPS) is 21.9. The molecule has 0 aromatic heterocycles. The quantitative estimate of drug-likeness (QED) is 0.318. The SMILES string of the molecule is OC1=CCC=CO[O+]([S-])OOOP=PC=C1. The van der Waals surface area contributed by atoms with Crippen LogP contribution < -0.4 is 0 Å². The third kappa shape index (κ3) is 6.98. The van der Waals surface area contributed by atoms with E-state index in [2.05, 4.69) is 32.5 Å². The van der Waals surface area contributed by atoms with Crippen LogP contribution in [-0.2, 0) is 36.7 Å². The van der Waals surface area contributed by atoms with Gasteiger partial charge in [-0.3, -0.25) is 0 Å². The number of allylic oxidation sites excluding steroid dienone is 3. The first-order valence-electron chi connectivity index (χ1n) is 3.99. The standard InChI is InChI=1S/C7H8O6P2S/c8-7-3-1-2-5-9-13(16)11-10-12-15-14-6-4-7/h2-6,8H,1H2. The van der Waals surface area contributed by atoms with Gasteiger partial charge in [-0.2, -0.15) is 0 Å². The molecule has 0 unspecified atom stereocenters. The molecular formula is C7H8O6P2S. The lowest BCUT2D eigenvalue weighted by Gasteiger charge is -2.07. The van der Waals surface area contributed by atoms with Gasteiger partial charge in [0.1, 0.15) is 18.9 Å². The van der Waals surface area contributed by atoms with Gasteiger partial charge in [0.25, 0.3) is 0 Å². The summed E-state index contributed by atoms with van der Waals surface area (Å²) in [5.41, 5.74) is 0. The Morgan fingerprint density at radius 1 is 1.50 bits per heavy atom. The van der Waals surface area contributed by atoms with Crippen LogP contribution in [0.4, 0.5) is 0 Å². The van der Waals surface area contributed by atoms with Crippen molar-refractivity contribution in [2.24, 2.45) is 0 Å². The summed E-state index contributed by atoms with van der Waals surface area (Å²) in [5.74, 6) is 1.85. The van der Waals surface area contributed by atoms with E-state index in [0.29, 0.717) is 14.5 Å². The van der Waals surface area contributed by atoms with Crippen LogP contribution >= 0.6 is 16.0 Å². The lowest BCUT2D eigenvalue weighted by molar-refractivity contribution is -0.714. The van der Waals surface area contributed by atoms with E-state index in [1.165, 1.54) is 10.4 Å². The van der Waals surface area contributed by atoms with Crippen LogP contribution in [0.2, 0.25) is 0 Å². The van der Waals surface area contributed by atoms with Gasteiger partial charge in [-0.15, -0.1) is 4.67 Å². The van der Waals surface area contributed by atoms with Gasteiger partial charge in [0.15, 0.2) is 6.26 Å². The summed E-state index contributed by atoms with van der Waals surface area (Å²) in [5, 5.41) is 17.8. The van der Waals surface area contributed by atoms with Crippen LogP contribution in [0.15, 0.2) is 36.1 Å². The molecule has 1 rings (SSSR count). The number of aliphatic hydroxyl groups excluding tert-OH is 1. The summed E-state index contributed by atoms with van der Waals surface area (Å²) in [6.45, 7) is 0. The first kappa shape index (κ1) is 13.7. The Bertz CT molecular complexity index is 316. The maximum absolute atomic E-state index is 9.33. The minimum absolute atomic E-state index is 0.157. The van der Waals surface area contributed by atoms with E-state index in [1.807, 2.05) is 0 Å². The Labute approximate surface area is 101 Å². The fraction of sp³-hybridized carbons (Fsp3) is 0.143. The molecule has 1 heterocycles. The van der Waals surface area contributed by atoms with E-state index in [-0.39, 0.29) is 5.76 Å². The van der Waals surface area contributed by atoms with Gasteiger partial charge in [0, 0.05) is 5.04 Å². The van der Waals surface area contributed by atoms with E-state index >= 15 is 0 Å². The third-order valence-electron chi connectivity index (χ3n) is 1.20. The van der Waals surface area contributed by atoms with Crippen molar-refractivity contribution in [3.05, 3.63) is 36.1 Å². The molecule has 0 amide bonds. The molecule has 6 nitrogen and oxygen atoms in total. The fourth-order valence-corrected chi connectivity index (χ4v) is 1.61. The van der Waals surface area contributed by atoms with E-state index in [1.54, 1.807) is 24.0 Å². The zero-order valence-electron chi connectivity index (χ0n) is 7.88. The van der Waals surface area contributed by atoms with Crippen LogP contribution in [0.25, 0.3) is 0 Å². The molecule has 0 spiro atoms. The molecule has 1 aliphatic heterocycles. The van der Waals surface area contributed by atoms with Gasteiger partial charge >= 0.3 is 0 Å². The molecule has 0 fully saturated rings.